The van der Waals surface area contributed by atoms with Crippen molar-refractivity contribution in [2.45, 2.75) is 20.8 Å². The average Bonchev–Trinajstić information content (AvgIpc) is 2.49. The number of aryl methyl sites for hydroxylation is 2. The van der Waals surface area contributed by atoms with E-state index in [0.29, 0.717) is 24.5 Å². The van der Waals surface area contributed by atoms with Gasteiger partial charge in [0.25, 0.3) is 5.91 Å². The number of alkyl halides is 1. The molecular weight excluding hydrogens is 226 g/mol. The van der Waals surface area contributed by atoms with Gasteiger partial charge in [0.15, 0.2) is 0 Å². The minimum absolute atomic E-state index is 0.0197. The summed E-state index contributed by atoms with van der Waals surface area (Å²) in [5.41, 5.74) is 2.38. The minimum atomic E-state index is 0.0197. The molecule has 0 radical (unpaired) electrons. The van der Waals surface area contributed by atoms with Gasteiger partial charge in [-0.05, 0) is 20.8 Å². The lowest BCUT2D eigenvalue weighted by Gasteiger charge is -2.19. The van der Waals surface area contributed by atoms with Gasteiger partial charge in [-0.25, -0.2) is 0 Å². The molecule has 90 valence electrons. The predicted molar refractivity (Wildman–Crippen MR) is 65.0 cm³/mol. The Kier molecular flexibility index (Phi) is 4.35. The summed E-state index contributed by atoms with van der Waals surface area (Å²) in [5, 5.41) is 4.24. The lowest BCUT2D eigenvalue weighted by atomic mass is 10.1. The number of hydrogen-bond acceptors (Lipinski definition) is 2. The number of carbonyl (C=O) groups excluding carboxylic acids is 1. The maximum Gasteiger partial charge on any atom is 0.257 e. The van der Waals surface area contributed by atoms with Gasteiger partial charge in [-0.1, -0.05) is 0 Å². The smallest absolute Gasteiger partial charge is 0.257 e. The van der Waals surface area contributed by atoms with Crippen LogP contribution in [0.15, 0.2) is 0 Å². The molecule has 0 aromatic carbocycles. The van der Waals surface area contributed by atoms with E-state index >= 15 is 0 Å². The van der Waals surface area contributed by atoms with E-state index in [9.17, 15) is 4.79 Å². The highest BCUT2D eigenvalue weighted by Gasteiger charge is 2.21. The van der Waals surface area contributed by atoms with Gasteiger partial charge in [-0.3, -0.25) is 9.48 Å². The zero-order valence-electron chi connectivity index (χ0n) is 10.2. The molecule has 1 aromatic heterocycles. The summed E-state index contributed by atoms with van der Waals surface area (Å²) < 4.78 is 1.73. The molecule has 1 heterocycles. The number of rotatable bonds is 4. The fraction of sp³-hybridized carbons (Fsp3) is 0.636. The van der Waals surface area contributed by atoms with Crippen molar-refractivity contribution in [3.05, 3.63) is 17.0 Å². The van der Waals surface area contributed by atoms with Gasteiger partial charge in [0.05, 0.1) is 11.3 Å². The van der Waals surface area contributed by atoms with Crippen LogP contribution in [0.2, 0.25) is 0 Å². The van der Waals surface area contributed by atoms with Crippen LogP contribution in [0.3, 0.4) is 0 Å². The molecule has 0 saturated carbocycles. The Morgan fingerprint density at radius 1 is 1.50 bits per heavy atom. The number of nitrogens with zero attached hydrogens (tertiary/aromatic N) is 3. The number of halogens is 1. The van der Waals surface area contributed by atoms with E-state index in [4.69, 9.17) is 11.6 Å². The fourth-order valence-corrected chi connectivity index (χ4v) is 1.95. The highest BCUT2D eigenvalue weighted by molar-refractivity contribution is 6.18. The van der Waals surface area contributed by atoms with E-state index in [1.165, 1.54) is 0 Å². The van der Waals surface area contributed by atoms with Gasteiger partial charge in [0.2, 0.25) is 0 Å². The molecule has 0 N–H and O–H groups in total. The molecule has 4 nitrogen and oxygen atoms in total. The third-order valence-corrected chi connectivity index (χ3v) is 2.92. The zero-order chi connectivity index (χ0) is 12.3. The summed E-state index contributed by atoms with van der Waals surface area (Å²) >= 11 is 5.68. The molecule has 0 spiro atoms. The van der Waals surface area contributed by atoms with Crippen molar-refractivity contribution in [3.63, 3.8) is 0 Å². The van der Waals surface area contributed by atoms with Crippen molar-refractivity contribution >= 4 is 17.5 Å². The molecule has 0 fully saturated rings. The second-order valence-corrected chi connectivity index (χ2v) is 4.12. The van der Waals surface area contributed by atoms with Crippen LogP contribution in [-0.2, 0) is 7.05 Å². The highest BCUT2D eigenvalue weighted by atomic mass is 35.5. The standard InChI is InChI=1S/C11H18ClN3O/c1-5-15(7-6-12)11(16)10-8(2)13-14(4)9(10)3/h5-7H2,1-4H3. The number of carbonyl (C=O) groups is 1. The highest BCUT2D eigenvalue weighted by Crippen LogP contribution is 2.14. The van der Waals surface area contributed by atoms with Crippen LogP contribution in [0.5, 0.6) is 0 Å². The van der Waals surface area contributed by atoms with E-state index in [1.807, 2.05) is 27.8 Å². The van der Waals surface area contributed by atoms with Crippen LogP contribution in [0.4, 0.5) is 0 Å². The molecule has 1 rings (SSSR count). The zero-order valence-corrected chi connectivity index (χ0v) is 11.0. The number of amides is 1. The Bertz CT molecular complexity index is 387. The molecule has 0 aliphatic heterocycles. The lowest BCUT2D eigenvalue weighted by Crippen LogP contribution is -2.33. The average molecular weight is 244 g/mol. The third-order valence-electron chi connectivity index (χ3n) is 2.75. The van der Waals surface area contributed by atoms with E-state index < -0.39 is 0 Å². The van der Waals surface area contributed by atoms with Crippen molar-refractivity contribution in [1.82, 2.24) is 14.7 Å². The monoisotopic (exact) mass is 243 g/mol. The van der Waals surface area contributed by atoms with Crippen molar-refractivity contribution in [2.75, 3.05) is 19.0 Å². The van der Waals surface area contributed by atoms with Gasteiger partial charge in [0, 0.05) is 31.7 Å². The summed E-state index contributed by atoms with van der Waals surface area (Å²) in [6.45, 7) is 6.95. The third kappa shape index (κ3) is 2.38. The van der Waals surface area contributed by atoms with Crippen LogP contribution in [0, 0.1) is 13.8 Å². The van der Waals surface area contributed by atoms with Crippen molar-refractivity contribution in [3.8, 4) is 0 Å². The Labute approximate surface area is 101 Å². The summed E-state index contributed by atoms with van der Waals surface area (Å²) in [4.78, 5) is 14.0. The van der Waals surface area contributed by atoms with Crippen molar-refractivity contribution < 1.29 is 4.79 Å². The molecule has 0 saturated heterocycles. The van der Waals surface area contributed by atoms with Crippen molar-refractivity contribution in [1.29, 1.82) is 0 Å². The normalized spacial score (nSPS) is 10.6. The van der Waals surface area contributed by atoms with Crippen LogP contribution in [0.1, 0.15) is 28.7 Å². The summed E-state index contributed by atoms with van der Waals surface area (Å²) in [6, 6.07) is 0. The van der Waals surface area contributed by atoms with E-state index in [2.05, 4.69) is 5.10 Å². The topological polar surface area (TPSA) is 38.1 Å². The SMILES string of the molecule is CCN(CCCl)C(=O)c1c(C)nn(C)c1C. The molecule has 0 atom stereocenters. The first kappa shape index (κ1) is 13.0. The van der Waals surface area contributed by atoms with E-state index in [1.54, 1.807) is 9.58 Å². The van der Waals surface area contributed by atoms with Crippen LogP contribution in [-0.4, -0.2) is 39.6 Å². The number of hydrogen-bond donors (Lipinski definition) is 0. The summed E-state index contributed by atoms with van der Waals surface area (Å²) in [7, 11) is 1.84. The molecule has 5 heteroatoms. The Morgan fingerprint density at radius 2 is 2.12 bits per heavy atom. The minimum Gasteiger partial charge on any atom is -0.338 e. The summed E-state index contributed by atoms with van der Waals surface area (Å²) in [5.74, 6) is 0.476. The molecular formula is C11H18ClN3O. The molecule has 0 unspecified atom stereocenters. The maximum atomic E-state index is 12.2. The number of aromatic nitrogens is 2. The van der Waals surface area contributed by atoms with Gasteiger partial charge in [-0.2, -0.15) is 5.10 Å². The second-order valence-electron chi connectivity index (χ2n) is 3.74. The largest absolute Gasteiger partial charge is 0.338 e. The lowest BCUT2D eigenvalue weighted by molar-refractivity contribution is 0.0772. The molecule has 1 amide bonds. The molecule has 0 aliphatic rings. The van der Waals surface area contributed by atoms with E-state index in [0.717, 1.165) is 11.4 Å². The molecule has 1 aromatic rings. The first-order valence-corrected chi connectivity index (χ1v) is 5.91. The van der Waals surface area contributed by atoms with E-state index in [-0.39, 0.29) is 5.91 Å². The molecule has 0 bridgehead atoms. The molecule has 16 heavy (non-hydrogen) atoms. The fourth-order valence-electron chi connectivity index (χ4n) is 1.75. The maximum absolute atomic E-state index is 12.2. The predicted octanol–water partition coefficient (Wildman–Crippen LogP) is 1.74. The van der Waals surface area contributed by atoms with Crippen LogP contribution >= 0.6 is 11.6 Å². The Morgan fingerprint density at radius 3 is 2.50 bits per heavy atom. The first-order valence-electron chi connectivity index (χ1n) is 5.38. The van der Waals surface area contributed by atoms with Crippen LogP contribution < -0.4 is 0 Å². The van der Waals surface area contributed by atoms with Gasteiger partial charge in [0.1, 0.15) is 0 Å². The quantitative estimate of drug-likeness (QED) is 0.756. The Hall–Kier alpha value is -1.03. The first-order chi connectivity index (χ1) is 7.52. The molecule has 0 aliphatic carbocycles. The second kappa shape index (κ2) is 5.34. The van der Waals surface area contributed by atoms with Crippen molar-refractivity contribution in [2.24, 2.45) is 7.05 Å². The van der Waals surface area contributed by atoms with Gasteiger partial charge >= 0.3 is 0 Å². The van der Waals surface area contributed by atoms with Crippen LogP contribution in [0.25, 0.3) is 0 Å². The Balaban J connectivity index is 3.03. The van der Waals surface area contributed by atoms with Gasteiger partial charge < -0.3 is 4.90 Å². The summed E-state index contributed by atoms with van der Waals surface area (Å²) in [6.07, 6.45) is 0. The van der Waals surface area contributed by atoms with Gasteiger partial charge in [-0.15, -0.1) is 11.6 Å².